The number of carbonyl (C=O) groups is 1. The molecule has 1 saturated heterocycles. The number of nitrogens with zero attached hydrogens (tertiary/aromatic N) is 1. The van der Waals surface area contributed by atoms with E-state index >= 15 is 0 Å². The number of hydrogen-bond donors (Lipinski definition) is 5. The van der Waals surface area contributed by atoms with Crippen LogP contribution in [0.15, 0.2) is 48.5 Å². The largest absolute Gasteiger partial charge is 0.376 e. The van der Waals surface area contributed by atoms with Gasteiger partial charge in [-0.15, -0.1) is 0 Å². The summed E-state index contributed by atoms with van der Waals surface area (Å²) in [7, 11) is 0. The maximum absolute atomic E-state index is 12.7. The van der Waals surface area contributed by atoms with Crippen LogP contribution in [0.4, 0.5) is 11.4 Å². The molecule has 0 saturated carbocycles. The number of hydroxylamine groups is 1. The van der Waals surface area contributed by atoms with Gasteiger partial charge in [0, 0.05) is 10.9 Å². The number of halogens is 1. The van der Waals surface area contributed by atoms with E-state index in [1.165, 1.54) is 0 Å². The van der Waals surface area contributed by atoms with Gasteiger partial charge in [-0.1, -0.05) is 35.9 Å². The van der Waals surface area contributed by atoms with Gasteiger partial charge in [-0.25, -0.2) is 5.06 Å². The Bertz CT molecular complexity index is 909. The molecule has 8 heteroatoms. The van der Waals surface area contributed by atoms with Crippen LogP contribution in [-0.2, 0) is 11.2 Å². The molecular weight excluding hydrogens is 394 g/mol. The molecule has 0 aliphatic carbocycles. The Labute approximate surface area is 173 Å². The number of aliphatic hydroxyl groups is 2. The lowest BCUT2D eigenvalue weighted by molar-refractivity contribution is -0.162. The topological polar surface area (TPSA) is 105 Å². The van der Waals surface area contributed by atoms with Gasteiger partial charge < -0.3 is 15.5 Å². The first-order valence-electron chi connectivity index (χ1n) is 9.66. The number of hydrogen-bond acceptors (Lipinski definition) is 6. The molecule has 0 radical (unpaired) electrons. The molecule has 4 rings (SSSR count). The van der Waals surface area contributed by atoms with E-state index in [0.717, 1.165) is 5.56 Å². The van der Waals surface area contributed by atoms with Gasteiger partial charge in [0.25, 0.3) is 5.91 Å². The highest BCUT2D eigenvalue weighted by atomic mass is 35.5. The zero-order valence-corrected chi connectivity index (χ0v) is 16.6. The number of anilines is 2. The first-order valence-corrected chi connectivity index (χ1v) is 10.0. The quantitative estimate of drug-likeness (QED) is 0.523. The molecule has 2 aromatic rings. The van der Waals surface area contributed by atoms with Crippen LogP contribution in [0.5, 0.6) is 0 Å². The molecular formula is C21H24ClN3O4. The number of amides is 1. The molecule has 29 heavy (non-hydrogen) atoms. The summed E-state index contributed by atoms with van der Waals surface area (Å²) in [6, 6.07) is 14.1. The number of aryl methyl sites for hydroxylation is 1. The highest BCUT2D eigenvalue weighted by Gasteiger charge is 2.55. The zero-order chi connectivity index (χ0) is 20.6. The van der Waals surface area contributed by atoms with Crippen LogP contribution in [-0.4, -0.2) is 39.3 Å². The molecule has 0 spiro atoms. The van der Waals surface area contributed by atoms with Crippen molar-refractivity contribution in [3.05, 3.63) is 59.1 Å². The maximum atomic E-state index is 12.7. The molecule has 1 amide bonds. The van der Waals surface area contributed by atoms with Crippen LogP contribution >= 0.6 is 11.6 Å². The van der Waals surface area contributed by atoms with Gasteiger partial charge in [0.15, 0.2) is 0 Å². The molecule has 7 nitrogen and oxygen atoms in total. The van der Waals surface area contributed by atoms with Crippen molar-refractivity contribution in [3.63, 3.8) is 0 Å². The number of rotatable bonds is 4. The summed E-state index contributed by atoms with van der Waals surface area (Å²) in [6.07, 6.45) is 1.53. The van der Waals surface area contributed by atoms with E-state index in [9.17, 15) is 20.2 Å². The molecule has 0 aromatic heterocycles. The number of benzene rings is 2. The lowest BCUT2D eigenvalue weighted by atomic mass is 9.78. The molecule has 1 fully saturated rings. The SMILES string of the molecule is O=C1Nc2ccccc2N(O)C1(O)C1CCNC(O)(CCc2ccc(Cl)cc2)C1. The van der Waals surface area contributed by atoms with Crippen LogP contribution in [0.1, 0.15) is 24.8 Å². The van der Waals surface area contributed by atoms with Crippen molar-refractivity contribution >= 4 is 28.9 Å². The van der Waals surface area contributed by atoms with E-state index in [4.69, 9.17) is 11.6 Å². The Morgan fingerprint density at radius 1 is 1.14 bits per heavy atom. The maximum Gasteiger partial charge on any atom is 0.280 e. The Kier molecular flexibility index (Phi) is 5.27. The number of carbonyl (C=O) groups excluding carboxylic acids is 1. The first-order chi connectivity index (χ1) is 13.8. The van der Waals surface area contributed by atoms with Gasteiger partial charge in [0.2, 0.25) is 5.72 Å². The normalized spacial score (nSPS) is 29.3. The monoisotopic (exact) mass is 417 g/mol. The summed E-state index contributed by atoms with van der Waals surface area (Å²) in [4.78, 5) is 12.7. The molecule has 3 unspecified atom stereocenters. The second kappa shape index (κ2) is 7.59. The minimum Gasteiger partial charge on any atom is -0.376 e. The summed E-state index contributed by atoms with van der Waals surface area (Å²) in [5, 5.41) is 40.1. The molecule has 2 aromatic carbocycles. The van der Waals surface area contributed by atoms with E-state index in [-0.39, 0.29) is 6.42 Å². The second-order valence-electron chi connectivity index (χ2n) is 7.78. The van der Waals surface area contributed by atoms with Crippen LogP contribution in [0, 0.1) is 5.92 Å². The molecule has 5 N–H and O–H groups in total. The molecule has 3 atom stereocenters. The van der Waals surface area contributed by atoms with E-state index in [1.54, 1.807) is 36.4 Å². The van der Waals surface area contributed by atoms with E-state index < -0.39 is 23.3 Å². The average molecular weight is 418 g/mol. The summed E-state index contributed by atoms with van der Waals surface area (Å²) in [5.74, 6) is -1.37. The third-order valence-electron chi connectivity index (χ3n) is 5.88. The predicted molar refractivity (Wildman–Crippen MR) is 110 cm³/mol. The summed E-state index contributed by atoms with van der Waals surface area (Å²) < 4.78 is 0. The predicted octanol–water partition coefficient (Wildman–Crippen LogP) is 2.50. The van der Waals surface area contributed by atoms with Crippen LogP contribution in [0.25, 0.3) is 0 Å². The van der Waals surface area contributed by atoms with E-state index in [2.05, 4.69) is 10.6 Å². The van der Waals surface area contributed by atoms with Gasteiger partial charge in [0.1, 0.15) is 5.72 Å². The van der Waals surface area contributed by atoms with Gasteiger partial charge in [-0.2, -0.15) is 0 Å². The Balaban J connectivity index is 1.52. The van der Waals surface area contributed by atoms with Gasteiger partial charge in [-0.3, -0.25) is 15.3 Å². The molecule has 154 valence electrons. The third-order valence-corrected chi connectivity index (χ3v) is 6.13. The van der Waals surface area contributed by atoms with E-state index in [0.29, 0.717) is 47.3 Å². The van der Waals surface area contributed by atoms with Crippen molar-refractivity contribution in [2.45, 2.75) is 37.1 Å². The summed E-state index contributed by atoms with van der Waals surface area (Å²) >= 11 is 5.92. The number of piperidine rings is 1. The molecule has 0 bridgehead atoms. The van der Waals surface area contributed by atoms with Crippen molar-refractivity contribution in [1.29, 1.82) is 0 Å². The van der Waals surface area contributed by atoms with Crippen molar-refractivity contribution in [2.75, 3.05) is 16.9 Å². The summed E-state index contributed by atoms with van der Waals surface area (Å²) in [6.45, 7) is 0.410. The fourth-order valence-electron chi connectivity index (χ4n) is 4.21. The molecule has 2 aliphatic rings. The lowest BCUT2D eigenvalue weighted by Crippen LogP contribution is -2.67. The number of para-hydroxylation sites is 2. The van der Waals surface area contributed by atoms with Crippen LogP contribution < -0.4 is 15.7 Å². The highest BCUT2D eigenvalue weighted by molar-refractivity contribution is 6.30. The molecule has 2 heterocycles. The average Bonchev–Trinajstić information content (AvgIpc) is 2.72. The van der Waals surface area contributed by atoms with Crippen molar-refractivity contribution in [2.24, 2.45) is 5.92 Å². The van der Waals surface area contributed by atoms with E-state index in [1.807, 2.05) is 12.1 Å². The highest BCUT2D eigenvalue weighted by Crippen LogP contribution is 2.42. The van der Waals surface area contributed by atoms with Crippen LogP contribution in [0.2, 0.25) is 5.02 Å². The fraction of sp³-hybridized carbons (Fsp3) is 0.381. The smallest absolute Gasteiger partial charge is 0.280 e. The Hall–Kier alpha value is -2.16. The zero-order valence-electron chi connectivity index (χ0n) is 15.8. The van der Waals surface area contributed by atoms with Gasteiger partial charge in [0.05, 0.1) is 11.4 Å². The lowest BCUT2D eigenvalue weighted by Gasteiger charge is -2.48. The third kappa shape index (κ3) is 3.72. The van der Waals surface area contributed by atoms with Crippen molar-refractivity contribution < 1.29 is 20.2 Å². The first kappa shape index (κ1) is 20.1. The number of fused-ring (bicyclic) bond motifs is 1. The number of nitrogens with one attached hydrogen (secondary N) is 2. The van der Waals surface area contributed by atoms with Crippen molar-refractivity contribution in [1.82, 2.24) is 5.32 Å². The minimum atomic E-state index is -2.16. The van der Waals surface area contributed by atoms with Crippen LogP contribution in [0.3, 0.4) is 0 Å². The fourth-order valence-corrected chi connectivity index (χ4v) is 4.34. The van der Waals surface area contributed by atoms with Gasteiger partial charge >= 0.3 is 0 Å². The molecule has 2 aliphatic heterocycles. The van der Waals surface area contributed by atoms with Crippen molar-refractivity contribution in [3.8, 4) is 0 Å². The summed E-state index contributed by atoms with van der Waals surface area (Å²) in [5.41, 5.74) is -1.66. The Morgan fingerprint density at radius 2 is 1.86 bits per heavy atom. The second-order valence-corrected chi connectivity index (χ2v) is 8.22. The minimum absolute atomic E-state index is 0.115. The van der Waals surface area contributed by atoms with Gasteiger partial charge in [-0.05, 0) is 62.1 Å². The Morgan fingerprint density at radius 3 is 2.62 bits per heavy atom. The standard InChI is InChI=1S/C21H24ClN3O4/c22-16-7-5-14(6-8-16)9-11-20(27)13-15(10-12-23-20)21(28)19(26)24-17-3-1-2-4-18(17)25(21)29/h1-8,15,23,27-29H,9-13H2,(H,24,26).